The summed E-state index contributed by atoms with van der Waals surface area (Å²) in [4.78, 5) is 17.0. The summed E-state index contributed by atoms with van der Waals surface area (Å²) < 4.78 is 3.93. The minimum Gasteiger partial charge on any atom is -0.318 e. The van der Waals surface area contributed by atoms with Gasteiger partial charge < -0.3 is 4.57 Å². The number of fused-ring (bicyclic) bond motifs is 1. The van der Waals surface area contributed by atoms with Crippen LogP contribution < -0.4 is 5.43 Å². The van der Waals surface area contributed by atoms with Crippen LogP contribution in [0.4, 0.5) is 0 Å². The van der Waals surface area contributed by atoms with Crippen LogP contribution in [0.5, 0.6) is 0 Å². The van der Waals surface area contributed by atoms with Crippen LogP contribution in [0, 0.1) is 20.8 Å². The monoisotopic (exact) mass is 371 g/mol. The molecule has 0 saturated heterocycles. The second-order valence-electron chi connectivity index (χ2n) is 6.67. The molecule has 4 rings (SSSR count). The highest BCUT2D eigenvalue weighted by molar-refractivity contribution is 5.95. The number of hydrogen-bond acceptors (Lipinski definition) is 3. The molecule has 6 nitrogen and oxygen atoms in total. The van der Waals surface area contributed by atoms with Crippen molar-refractivity contribution in [3.05, 3.63) is 89.1 Å². The first-order valence-electron chi connectivity index (χ1n) is 9.07. The number of pyridine rings is 1. The number of imidazole rings is 1. The lowest BCUT2D eigenvalue weighted by atomic mass is 10.2. The van der Waals surface area contributed by atoms with E-state index in [0.29, 0.717) is 11.4 Å². The highest BCUT2D eigenvalue weighted by Crippen LogP contribution is 2.19. The van der Waals surface area contributed by atoms with Gasteiger partial charge in [-0.3, -0.25) is 9.20 Å². The summed E-state index contributed by atoms with van der Waals surface area (Å²) in [6, 6.07) is 17.8. The Bertz CT molecular complexity index is 1180. The minimum atomic E-state index is -0.288. The lowest BCUT2D eigenvalue weighted by Crippen LogP contribution is -2.20. The Hall–Kier alpha value is -3.67. The summed E-state index contributed by atoms with van der Waals surface area (Å²) in [5.74, 6) is -0.288. The molecule has 0 aliphatic carbocycles. The van der Waals surface area contributed by atoms with Gasteiger partial charge in [0, 0.05) is 28.8 Å². The number of carbonyl (C=O) groups is 1. The normalized spacial score (nSPS) is 11.4. The summed E-state index contributed by atoms with van der Waals surface area (Å²) in [6.07, 6.45) is 3.50. The number of nitrogens with zero attached hydrogens (tertiary/aromatic N) is 4. The molecule has 1 N–H and O–H groups in total. The molecule has 0 radical (unpaired) electrons. The first-order valence-corrected chi connectivity index (χ1v) is 9.07. The molecule has 1 amide bonds. The summed E-state index contributed by atoms with van der Waals surface area (Å²) in [5, 5.41) is 4.18. The van der Waals surface area contributed by atoms with Crippen molar-refractivity contribution in [2.24, 2.45) is 5.10 Å². The summed E-state index contributed by atoms with van der Waals surface area (Å²) in [5.41, 5.74) is 8.74. The Morgan fingerprint density at radius 3 is 2.61 bits per heavy atom. The molecule has 0 aliphatic rings. The number of carbonyl (C=O) groups excluding carboxylic acids is 1. The maximum atomic E-state index is 12.6. The second-order valence-corrected chi connectivity index (χ2v) is 6.67. The van der Waals surface area contributed by atoms with Gasteiger partial charge in [-0.1, -0.05) is 24.3 Å². The van der Waals surface area contributed by atoms with Crippen molar-refractivity contribution in [3.63, 3.8) is 0 Å². The van der Waals surface area contributed by atoms with Gasteiger partial charge in [-0.2, -0.15) is 5.10 Å². The molecular formula is C22H21N5O. The molecule has 0 atom stereocenters. The molecule has 4 aromatic rings. The number of nitrogens with one attached hydrogen (secondary N) is 1. The van der Waals surface area contributed by atoms with Crippen LogP contribution in [0.1, 0.15) is 33.1 Å². The predicted octanol–water partition coefficient (Wildman–Crippen LogP) is 3.81. The molecular weight excluding hydrogens is 350 g/mol. The van der Waals surface area contributed by atoms with Gasteiger partial charge in [0.25, 0.3) is 5.91 Å². The summed E-state index contributed by atoms with van der Waals surface area (Å²) in [7, 11) is 0. The van der Waals surface area contributed by atoms with Crippen molar-refractivity contribution in [2.45, 2.75) is 20.8 Å². The van der Waals surface area contributed by atoms with E-state index < -0.39 is 0 Å². The number of rotatable bonds is 4. The zero-order valence-corrected chi connectivity index (χ0v) is 16.0. The first kappa shape index (κ1) is 17.7. The molecule has 0 unspecified atom stereocenters. The Morgan fingerprint density at radius 1 is 1.07 bits per heavy atom. The van der Waals surface area contributed by atoms with E-state index in [4.69, 9.17) is 0 Å². The third-order valence-electron chi connectivity index (χ3n) is 4.77. The number of para-hydroxylation sites is 1. The summed E-state index contributed by atoms with van der Waals surface area (Å²) in [6.45, 7) is 5.91. The van der Waals surface area contributed by atoms with E-state index in [0.717, 1.165) is 28.3 Å². The smallest absolute Gasteiger partial charge is 0.290 e. The standard InChI is InChI=1S/C22H21N5O/c1-15-13-18(17(3)27(15)19-9-5-4-6-10-19)14-23-25-22(28)21-16(2)24-20-11-7-8-12-26(20)21/h4-14H,1-3H3,(H,25,28). The van der Waals surface area contributed by atoms with Gasteiger partial charge in [0.1, 0.15) is 11.3 Å². The molecule has 0 aliphatic heterocycles. The summed E-state index contributed by atoms with van der Waals surface area (Å²) >= 11 is 0. The van der Waals surface area contributed by atoms with Crippen LogP contribution in [0.2, 0.25) is 0 Å². The molecule has 0 spiro atoms. The van der Waals surface area contributed by atoms with Gasteiger partial charge in [0.05, 0.1) is 11.9 Å². The Kier molecular flexibility index (Phi) is 4.53. The fourth-order valence-corrected chi connectivity index (χ4v) is 3.49. The predicted molar refractivity (Wildman–Crippen MR) is 110 cm³/mol. The minimum absolute atomic E-state index is 0.288. The fraction of sp³-hybridized carbons (Fsp3) is 0.136. The third kappa shape index (κ3) is 3.09. The van der Waals surface area contributed by atoms with Gasteiger partial charge in [-0.05, 0) is 51.1 Å². The fourth-order valence-electron chi connectivity index (χ4n) is 3.49. The van der Waals surface area contributed by atoms with E-state index >= 15 is 0 Å². The van der Waals surface area contributed by atoms with Crippen molar-refractivity contribution < 1.29 is 4.79 Å². The highest BCUT2D eigenvalue weighted by atomic mass is 16.2. The average Bonchev–Trinajstić information content (AvgIpc) is 3.17. The van der Waals surface area contributed by atoms with Gasteiger partial charge >= 0.3 is 0 Å². The molecule has 28 heavy (non-hydrogen) atoms. The molecule has 3 heterocycles. The number of aryl methyl sites for hydroxylation is 2. The molecule has 0 bridgehead atoms. The number of benzene rings is 1. The van der Waals surface area contributed by atoms with Crippen LogP contribution in [-0.2, 0) is 0 Å². The number of amides is 1. The maximum absolute atomic E-state index is 12.6. The highest BCUT2D eigenvalue weighted by Gasteiger charge is 2.15. The Morgan fingerprint density at radius 2 is 1.82 bits per heavy atom. The van der Waals surface area contributed by atoms with E-state index in [1.54, 1.807) is 10.6 Å². The molecule has 1 aromatic carbocycles. The molecule has 0 saturated carbocycles. The lowest BCUT2D eigenvalue weighted by molar-refractivity contribution is 0.0948. The van der Waals surface area contributed by atoms with E-state index in [1.165, 1.54) is 0 Å². The molecule has 3 aromatic heterocycles. The molecule has 140 valence electrons. The maximum Gasteiger partial charge on any atom is 0.290 e. The quantitative estimate of drug-likeness (QED) is 0.438. The Labute approximate surface area is 163 Å². The SMILES string of the molecule is Cc1nc2ccccn2c1C(=O)NN=Cc1cc(C)n(-c2ccccc2)c1C. The van der Waals surface area contributed by atoms with Gasteiger partial charge in [-0.15, -0.1) is 0 Å². The van der Waals surface area contributed by atoms with E-state index in [1.807, 2.05) is 56.4 Å². The van der Waals surface area contributed by atoms with E-state index in [2.05, 4.69) is 45.2 Å². The van der Waals surface area contributed by atoms with Gasteiger partial charge in [0.15, 0.2) is 0 Å². The van der Waals surface area contributed by atoms with Crippen molar-refractivity contribution in [2.75, 3.05) is 0 Å². The van der Waals surface area contributed by atoms with E-state index in [9.17, 15) is 4.79 Å². The van der Waals surface area contributed by atoms with Crippen LogP contribution in [0.3, 0.4) is 0 Å². The van der Waals surface area contributed by atoms with Crippen molar-refractivity contribution in [1.29, 1.82) is 0 Å². The van der Waals surface area contributed by atoms with Crippen molar-refractivity contribution >= 4 is 17.8 Å². The number of aromatic nitrogens is 3. The van der Waals surface area contributed by atoms with Crippen molar-refractivity contribution in [3.8, 4) is 5.69 Å². The second kappa shape index (κ2) is 7.15. The third-order valence-corrected chi connectivity index (χ3v) is 4.77. The van der Waals surface area contributed by atoms with Crippen LogP contribution in [-0.4, -0.2) is 26.1 Å². The van der Waals surface area contributed by atoms with Crippen LogP contribution in [0.15, 0.2) is 65.9 Å². The molecule has 0 fully saturated rings. The molecule has 6 heteroatoms. The van der Waals surface area contributed by atoms with E-state index in [-0.39, 0.29) is 5.91 Å². The van der Waals surface area contributed by atoms with Crippen molar-refractivity contribution in [1.82, 2.24) is 19.4 Å². The Balaban J connectivity index is 1.57. The zero-order valence-electron chi connectivity index (χ0n) is 16.0. The largest absolute Gasteiger partial charge is 0.318 e. The van der Waals surface area contributed by atoms with Crippen LogP contribution >= 0.6 is 0 Å². The van der Waals surface area contributed by atoms with Gasteiger partial charge in [-0.25, -0.2) is 10.4 Å². The average molecular weight is 371 g/mol. The van der Waals surface area contributed by atoms with Crippen LogP contribution in [0.25, 0.3) is 11.3 Å². The van der Waals surface area contributed by atoms with Gasteiger partial charge in [0.2, 0.25) is 0 Å². The topological polar surface area (TPSA) is 63.7 Å². The first-order chi connectivity index (χ1) is 13.6. The lowest BCUT2D eigenvalue weighted by Gasteiger charge is -2.08. The zero-order chi connectivity index (χ0) is 19.7. The number of hydrogen-bond donors (Lipinski definition) is 1. The number of hydrazone groups is 1.